The third-order valence-electron chi connectivity index (χ3n) is 4.71. The molecule has 1 aromatic rings. The molecular formula is C16H18N2O3S. The highest BCUT2D eigenvalue weighted by atomic mass is 32.1. The Morgan fingerprint density at radius 1 is 1.32 bits per heavy atom. The average molecular weight is 318 g/mol. The highest BCUT2D eigenvalue weighted by Gasteiger charge is 2.52. The zero-order valence-corrected chi connectivity index (χ0v) is 13.2. The molecule has 0 unspecified atom stereocenters. The van der Waals surface area contributed by atoms with Gasteiger partial charge in [-0.1, -0.05) is 0 Å². The summed E-state index contributed by atoms with van der Waals surface area (Å²) >= 11 is 1.74. The van der Waals surface area contributed by atoms with Crippen molar-refractivity contribution in [2.24, 2.45) is 5.92 Å². The van der Waals surface area contributed by atoms with E-state index in [1.807, 2.05) is 0 Å². The lowest BCUT2D eigenvalue weighted by molar-refractivity contribution is -0.140. The van der Waals surface area contributed by atoms with Crippen LogP contribution in [0.4, 0.5) is 0 Å². The lowest BCUT2D eigenvalue weighted by Crippen LogP contribution is -2.46. The Bertz CT molecular complexity index is 664. The molecule has 1 N–H and O–H groups in total. The fourth-order valence-corrected chi connectivity index (χ4v) is 4.39. The Kier molecular flexibility index (Phi) is 3.11. The number of carbonyl (C=O) groups excluding carboxylic acids is 3. The number of amides is 3. The van der Waals surface area contributed by atoms with Crippen LogP contribution >= 0.6 is 11.3 Å². The maximum Gasteiger partial charge on any atom is 0.249 e. The lowest BCUT2D eigenvalue weighted by Gasteiger charge is -2.27. The standard InChI is InChI=1S/C16H18N2O3S/c1-8-2-5-13(22-8)10-6-11(10)16(21)18(9-3-4-9)12-7-14(19)17-15(12)20/h2,5,9-12H,3-4,6-7H2,1H3,(H,17,19,20)/t10-,11+,12+/m1/s1. The number of carbonyl (C=O) groups is 3. The van der Waals surface area contributed by atoms with Crippen molar-refractivity contribution in [3.05, 3.63) is 21.9 Å². The third kappa shape index (κ3) is 2.35. The van der Waals surface area contributed by atoms with E-state index in [1.165, 1.54) is 9.75 Å². The van der Waals surface area contributed by atoms with Crippen LogP contribution in [0, 0.1) is 12.8 Å². The Balaban J connectivity index is 1.51. The molecule has 4 rings (SSSR count). The first-order valence-electron chi connectivity index (χ1n) is 7.77. The summed E-state index contributed by atoms with van der Waals surface area (Å²) in [5, 5.41) is 2.32. The fourth-order valence-electron chi connectivity index (χ4n) is 3.33. The first kappa shape index (κ1) is 13.9. The Morgan fingerprint density at radius 3 is 2.64 bits per heavy atom. The summed E-state index contributed by atoms with van der Waals surface area (Å²) in [5.74, 6) is -0.229. The van der Waals surface area contributed by atoms with Crippen LogP contribution in [-0.4, -0.2) is 34.7 Å². The van der Waals surface area contributed by atoms with Crippen LogP contribution < -0.4 is 5.32 Å². The molecule has 1 aliphatic heterocycles. The molecule has 3 aliphatic rings. The molecule has 1 aromatic heterocycles. The number of nitrogens with one attached hydrogen (secondary N) is 1. The van der Waals surface area contributed by atoms with Gasteiger partial charge in [0.1, 0.15) is 6.04 Å². The topological polar surface area (TPSA) is 66.5 Å². The van der Waals surface area contributed by atoms with Gasteiger partial charge in [0.05, 0.1) is 6.42 Å². The molecule has 116 valence electrons. The van der Waals surface area contributed by atoms with Crippen LogP contribution in [0.25, 0.3) is 0 Å². The maximum absolute atomic E-state index is 12.9. The van der Waals surface area contributed by atoms with Gasteiger partial charge in [-0.2, -0.15) is 0 Å². The van der Waals surface area contributed by atoms with Gasteiger partial charge in [0, 0.05) is 27.6 Å². The van der Waals surface area contributed by atoms with E-state index in [0.717, 1.165) is 19.3 Å². The van der Waals surface area contributed by atoms with Crippen molar-refractivity contribution >= 4 is 29.1 Å². The zero-order valence-electron chi connectivity index (χ0n) is 12.4. The average Bonchev–Trinajstić information content (AvgIpc) is 3.36. The maximum atomic E-state index is 12.9. The molecule has 2 saturated carbocycles. The minimum Gasteiger partial charge on any atom is -0.327 e. The Labute approximate surface area is 132 Å². The largest absolute Gasteiger partial charge is 0.327 e. The van der Waals surface area contributed by atoms with Crippen molar-refractivity contribution in [1.29, 1.82) is 0 Å². The van der Waals surface area contributed by atoms with Gasteiger partial charge in [-0.3, -0.25) is 19.7 Å². The zero-order chi connectivity index (χ0) is 15.4. The van der Waals surface area contributed by atoms with Crippen molar-refractivity contribution < 1.29 is 14.4 Å². The minimum absolute atomic E-state index is 0.0119. The van der Waals surface area contributed by atoms with Gasteiger partial charge in [-0.05, 0) is 38.3 Å². The molecule has 2 aliphatic carbocycles. The summed E-state index contributed by atoms with van der Waals surface area (Å²) in [5.41, 5.74) is 0. The first-order chi connectivity index (χ1) is 10.5. The smallest absolute Gasteiger partial charge is 0.249 e. The second kappa shape index (κ2) is 4.91. The fraction of sp³-hybridized carbons (Fsp3) is 0.562. The molecule has 22 heavy (non-hydrogen) atoms. The molecule has 0 aromatic carbocycles. The second-order valence-electron chi connectivity index (χ2n) is 6.51. The van der Waals surface area contributed by atoms with Crippen molar-refractivity contribution in [3.8, 4) is 0 Å². The number of imide groups is 1. The molecule has 3 fully saturated rings. The molecule has 2 heterocycles. The molecule has 3 atom stereocenters. The van der Waals surface area contributed by atoms with Gasteiger partial charge in [0.25, 0.3) is 0 Å². The van der Waals surface area contributed by atoms with Crippen LogP contribution in [0.2, 0.25) is 0 Å². The SMILES string of the molecule is Cc1ccc([C@@H]2C[C@@H]2C(=O)N(C2CC2)[C@H]2CC(=O)NC2=O)s1. The molecule has 0 bridgehead atoms. The van der Waals surface area contributed by atoms with E-state index in [2.05, 4.69) is 24.4 Å². The van der Waals surface area contributed by atoms with E-state index < -0.39 is 6.04 Å². The van der Waals surface area contributed by atoms with Gasteiger partial charge >= 0.3 is 0 Å². The lowest BCUT2D eigenvalue weighted by atomic mass is 10.1. The van der Waals surface area contributed by atoms with E-state index in [9.17, 15) is 14.4 Å². The molecule has 3 amide bonds. The Hall–Kier alpha value is -1.69. The number of aryl methyl sites for hydroxylation is 1. The van der Waals surface area contributed by atoms with Gasteiger partial charge in [-0.15, -0.1) is 11.3 Å². The molecular weight excluding hydrogens is 300 g/mol. The van der Waals surface area contributed by atoms with Crippen LogP contribution in [-0.2, 0) is 14.4 Å². The van der Waals surface area contributed by atoms with E-state index in [0.29, 0.717) is 5.92 Å². The highest BCUT2D eigenvalue weighted by molar-refractivity contribution is 7.12. The van der Waals surface area contributed by atoms with E-state index in [1.54, 1.807) is 16.2 Å². The number of thiophene rings is 1. The predicted molar refractivity (Wildman–Crippen MR) is 81.3 cm³/mol. The predicted octanol–water partition coefficient (Wildman–Crippen LogP) is 1.57. The molecule has 5 nitrogen and oxygen atoms in total. The normalized spacial score (nSPS) is 30.3. The van der Waals surface area contributed by atoms with Crippen LogP contribution in [0.5, 0.6) is 0 Å². The van der Waals surface area contributed by atoms with Crippen molar-refractivity contribution in [1.82, 2.24) is 10.2 Å². The monoisotopic (exact) mass is 318 g/mol. The van der Waals surface area contributed by atoms with Gasteiger partial charge < -0.3 is 4.90 Å². The quantitative estimate of drug-likeness (QED) is 0.857. The number of rotatable bonds is 4. The Morgan fingerprint density at radius 2 is 2.09 bits per heavy atom. The molecule has 0 radical (unpaired) electrons. The molecule has 6 heteroatoms. The first-order valence-corrected chi connectivity index (χ1v) is 8.58. The highest BCUT2D eigenvalue weighted by Crippen LogP contribution is 2.51. The molecule has 1 saturated heterocycles. The van der Waals surface area contributed by atoms with Crippen molar-refractivity contribution in [2.45, 2.75) is 50.6 Å². The number of hydrogen-bond acceptors (Lipinski definition) is 4. The number of nitrogens with zero attached hydrogens (tertiary/aromatic N) is 1. The van der Waals surface area contributed by atoms with Crippen molar-refractivity contribution in [2.75, 3.05) is 0 Å². The summed E-state index contributed by atoms with van der Waals surface area (Å²) in [6.07, 6.45) is 2.87. The van der Waals surface area contributed by atoms with E-state index in [4.69, 9.17) is 0 Å². The van der Waals surface area contributed by atoms with E-state index >= 15 is 0 Å². The second-order valence-corrected chi connectivity index (χ2v) is 7.83. The van der Waals surface area contributed by atoms with Crippen LogP contribution in [0.1, 0.15) is 41.4 Å². The van der Waals surface area contributed by atoms with Gasteiger partial charge in [0.15, 0.2) is 0 Å². The summed E-state index contributed by atoms with van der Waals surface area (Å²) in [7, 11) is 0. The van der Waals surface area contributed by atoms with Crippen LogP contribution in [0.3, 0.4) is 0 Å². The van der Waals surface area contributed by atoms with Crippen molar-refractivity contribution in [3.63, 3.8) is 0 Å². The third-order valence-corrected chi connectivity index (χ3v) is 5.84. The minimum atomic E-state index is -0.584. The van der Waals surface area contributed by atoms with Gasteiger partial charge in [-0.25, -0.2) is 0 Å². The summed E-state index contributed by atoms with van der Waals surface area (Å²) in [6.45, 7) is 2.07. The number of hydrogen-bond donors (Lipinski definition) is 1. The molecule has 0 spiro atoms. The van der Waals surface area contributed by atoms with Gasteiger partial charge in [0.2, 0.25) is 17.7 Å². The van der Waals surface area contributed by atoms with Crippen LogP contribution in [0.15, 0.2) is 12.1 Å². The van der Waals surface area contributed by atoms with E-state index in [-0.39, 0.29) is 36.1 Å². The summed E-state index contributed by atoms with van der Waals surface area (Å²) in [6, 6.07) is 3.76. The summed E-state index contributed by atoms with van der Waals surface area (Å²) < 4.78 is 0. The summed E-state index contributed by atoms with van der Waals surface area (Å²) in [4.78, 5) is 40.5.